The van der Waals surface area contributed by atoms with Gasteiger partial charge < -0.3 is 4.74 Å². The largest absolute Gasteiger partial charge is 0.469 e. The molecule has 90 valence electrons. The van der Waals surface area contributed by atoms with Gasteiger partial charge in [-0.3, -0.25) is 4.79 Å². The Hall–Kier alpha value is -1.48. The van der Waals surface area contributed by atoms with Crippen LogP contribution in [0.5, 0.6) is 0 Å². The quantitative estimate of drug-likeness (QED) is 0.807. The van der Waals surface area contributed by atoms with Crippen molar-refractivity contribution in [2.75, 3.05) is 7.11 Å². The van der Waals surface area contributed by atoms with Crippen LogP contribution < -0.4 is 0 Å². The molecule has 1 aromatic carbocycles. The van der Waals surface area contributed by atoms with Crippen molar-refractivity contribution in [2.24, 2.45) is 0 Å². The lowest BCUT2D eigenvalue weighted by molar-refractivity contribution is -0.139. The van der Waals surface area contributed by atoms with E-state index in [9.17, 15) is 13.6 Å². The van der Waals surface area contributed by atoms with Crippen LogP contribution in [-0.2, 0) is 16.0 Å². The molecular weight excluding hydrogens is 296 g/mol. The number of carbonyl (C=O) groups is 1. The van der Waals surface area contributed by atoms with Crippen molar-refractivity contribution in [2.45, 2.75) is 12.8 Å². The van der Waals surface area contributed by atoms with Crippen molar-refractivity contribution in [1.82, 2.24) is 0 Å². The summed E-state index contributed by atoms with van der Waals surface area (Å²) in [5.74, 6) is -0.532. The predicted molar refractivity (Wildman–Crippen MR) is 59.5 cm³/mol. The van der Waals surface area contributed by atoms with Crippen LogP contribution in [0.25, 0.3) is 0 Å². The molecule has 6 heteroatoms. The maximum atomic E-state index is 12.7. The van der Waals surface area contributed by atoms with Gasteiger partial charge in [-0.25, -0.2) is 8.78 Å². The minimum atomic E-state index is -2.76. The molecule has 0 unspecified atom stereocenters. The number of nitriles is 1. The topological polar surface area (TPSA) is 50.1 Å². The SMILES string of the molecule is COC(=O)Cc1cc(C(F)F)c(C#N)cc1Br. The molecule has 0 saturated heterocycles. The molecule has 1 aromatic rings. The third-order valence-corrected chi connectivity index (χ3v) is 2.87. The molecule has 0 aliphatic rings. The number of alkyl halides is 2. The maximum Gasteiger partial charge on any atom is 0.310 e. The Balaban J connectivity index is 3.21. The first kappa shape index (κ1) is 13.6. The monoisotopic (exact) mass is 303 g/mol. The molecule has 0 fully saturated rings. The van der Waals surface area contributed by atoms with Crippen molar-refractivity contribution in [3.8, 4) is 6.07 Å². The molecule has 17 heavy (non-hydrogen) atoms. The van der Waals surface area contributed by atoms with E-state index in [0.717, 1.165) is 6.07 Å². The van der Waals surface area contributed by atoms with Crippen molar-refractivity contribution >= 4 is 21.9 Å². The van der Waals surface area contributed by atoms with Gasteiger partial charge in [0, 0.05) is 10.0 Å². The molecule has 0 aromatic heterocycles. The molecule has 1 rings (SSSR count). The molecule has 0 atom stereocenters. The fraction of sp³-hybridized carbons (Fsp3) is 0.273. The molecule has 0 aliphatic carbocycles. The van der Waals surface area contributed by atoms with Gasteiger partial charge in [0.25, 0.3) is 6.43 Å². The summed E-state index contributed by atoms with van der Waals surface area (Å²) < 4.78 is 30.2. The lowest BCUT2D eigenvalue weighted by atomic mass is 10.0. The zero-order chi connectivity index (χ0) is 13.0. The van der Waals surface area contributed by atoms with E-state index >= 15 is 0 Å². The highest BCUT2D eigenvalue weighted by molar-refractivity contribution is 9.10. The van der Waals surface area contributed by atoms with Gasteiger partial charge in [0.1, 0.15) is 0 Å². The normalized spacial score (nSPS) is 10.1. The van der Waals surface area contributed by atoms with E-state index in [-0.39, 0.29) is 17.5 Å². The summed E-state index contributed by atoms with van der Waals surface area (Å²) in [6.45, 7) is 0. The van der Waals surface area contributed by atoms with Gasteiger partial charge in [0.2, 0.25) is 0 Å². The van der Waals surface area contributed by atoms with Crippen LogP contribution in [0.2, 0.25) is 0 Å². The average Bonchev–Trinajstić information content (AvgIpc) is 2.30. The molecule has 0 amide bonds. The zero-order valence-corrected chi connectivity index (χ0v) is 10.4. The van der Waals surface area contributed by atoms with Crippen LogP contribution in [-0.4, -0.2) is 13.1 Å². The van der Waals surface area contributed by atoms with Gasteiger partial charge in [0.05, 0.1) is 25.2 Å². The Bertz CT molecular complexity index is 483. The smallest absolute Gasteiger partial charge is 0.310 e. The van der Waals surface area contributed by atoms with Crippen molar-refractivity contribution in [1.29, 1.82) is 5.26 Å². The first-order valence-corrected chi connectivity index (χ1v) is 5.36. The van der Waals surface area contributed by atoms with Crippen molar-refractivity contribution in [3.63, 3.8) is 0 Å². The number of benzene rings is 1. The maximum absolute atomic E-state index is 12.7. The van der Waals surface area contributed by atoms with Gasteiger partial charge in [-0.05, 0) is 17.7 Å². The number of methoxy groups -OCH3 is 1. The standard InChI is InChI=1S/C11H8BrF2NO2/c1-17-10(16)4-6-2-8(11(13)14)7(5-15)3-9(6)12/h2-3,11H,4H2,1H3. The molecule has 0 saturated carbocycles. The minimum absolute atomic E-state index is 0.111. The number of carbonyl (C=O) groups excluding carboxylic acids is 1. The fourth-order valence-electron chi connectivity index (χ4n) is 1.28. The van der Waals surface area contributed by atoms with Crippen LogP contribution in [0.3, 0.4) is 0 Å². The lowest BCUT2D eigenvalue weighted by Gasteiger charge is -2.08. The Morgan fingerprint density at radius 2 is 2.24 bits per heavy atom. The van der Waals surface area contributed by atoms with Gasteiger partial charge in [-0.15, -0.1) is 0 Å². The minimum Gasteiger partial charge on any atom is -0.469 e. The Labute approximate surface area is 105 Å². The van der Waals surface area contributed by atoms with Crippen LogP contribution in [0, 0.1) is 11.3 Å². The highest BCUT2D eigenvalue weighted by Gasteiger charge is 2.17. The first-order valence-electron chi connectivity index (χ1n) is 4.57. The lowest BCUT2D eigenvalue weighted by Crippen LogP contribution is -2.06. The number of hydrogen-bond donors (Lipinski definition) is 0. The number of halogens is 3. The summed E-state index contributed by atoms with van der Waals surface area (Å²) in [6.07, 6.45) is -2.88. The van der Waals surface area contributed by atoms with E-state index in [1.807, 2.05) is 0 Å². The van der Waals surface area contributed by atoms with E-state index in [1.165, 1.54) is 13.2 Å². The second-order valence-electron chi connectivity index (χ2n) is 3.20. The third-order valence-electron chi connectivity index (χ3n) is 2.14. The number of nitrogens with zero attached hydrogens (tertiary/aromatic N) is 1. The zero-order valence-electron chi connectivity index (χ0n) is 8.84. The van der Waals surface area contributed by atoms with Crippen LogP contribution in [0.1, 0.15) is 23.1 Å². The molecule has 0 spiro atoms. The van der Waals surface area contributed by atoms with Crippen LogP contribution >= 0.6 is 15.9 Å². The molecule has 0 N–H and O–H groups in total. The summed E-state index contributed by atoms with van der Waals surface area (Å²) in [4.78, 5) is 11.1. The highest BCUT2D eigenvalue weighted by Crippen LogP contribution is 2.29. The molecule has 0 bridgehead atoms. The van der Waals surface area contributed by atoms with Crippen LogP contribution in [0.4, 0.5) is 8.78 Å². The molecular formula is C11H8BrF2NO2. The number of hydrogen-bond acceptors (Lipinski definition) is 3. The Kier molecular flexibility index (Phi) is 4.58. The van der Waals surface area contributed by atoms with Gasteiger partial charge >= 0.3 is 5.97 Å². The summed E-state index contributed by atoms with van der Waals surface area (Å²) in [7, 11) is 1.22. The number of ether oxygens (including phenoxy) is 1. The molecule has 0 heterocycles. The van der Waals surface area contributed by atoms with Crippen molar-refractivity contribution in [3.05, 3.63) is 33.3 Å². The Morgan fingerprint density at radius 3 is 2.71 bits per heavy atom. The average molecular weight is 304 g/mol. The van der Waals surface area contributed by atoms with E-state index in [2.05, 4.69) is 20.7 Å². The predicted octanol–water partition coefficient (Wildman–Crippen LogP) is 2.97. The number of rotatable bonds is 3. The summed E-state index contributed by atoms with van der Waals surface area (Å²) in [6, 6.07) is 4.11. The van der Waals surface area contributed by atoms with Gasteiger partial charge in [-0.1, -0.05) is 15.9 Å². The molecule has 3 nitrogen and oxygen atoms in total. The summed E-state index contributed by atoms with van der Waals surface area (Å²) >= 11 is 3.13. The van der Waals surface area contributed by atoms with Crippen LogP contribution in [0.15, 0.2) is 16.6 Å². The van der Waals surface area contributed by atoms with Gasteiger partial charge in [-0.2, -0.15) is 5.26 Å². The van der Waals surface area contributed by atoms with Crippen molar-refractivity contribution < 1.29 is 18.3 Å². The molecule has 0 radical (unpaired) electrons. The first-order chi connectivity index (χ1) is 7.99. The van der Waals surface area contributed by atoms with E-state index < -0.39 is 12.4 Å². The highest BCUT2D eigenvalue weighted by atomic mass is 79.9. The second kappa shape index (κ2) is 5.73. The van der Waals surface area contributed by atoms with E-state index in [1.54, 1.807) is 6.07 Å². The van der Waals surface area contributed by atoms with E-state index in [4.69, 9.17) is 5.26 Å². The fourth-order valence-corrected chi connectivity index (χ4v) is 1.76. The second-order valence-corrected chi connectivity index (χ2v) is 4.05. The van der Waals surface area contributed by atoms with Gasteiger partial charge in [0.15, 0.2) is 0 Å². The molecule has 0 aliphatic heterocycles. The summed E-state index contributed by atoms with van der Waals surface area (Å²) in [5.41, 5.74) is -0.124. The number of esters is 1. The van der Waals surface area contributed by atoms with E-state index in [0.29, 0.717) is 10.0 Å². The summed E-state index contributed by atoms with van der Waals surface area (Å²) in [5, 5.41) is 8.71. The Morgan fingerprint density at radius 1 is 1.59 bits per heavy atom. The third kappa shape index (κ3) is 3.24.